The van der Waals surface area contributed by atoms with Gasteiger partial charge in [0.2, 0.25) is 0 Å². The Morgan fingerprint density at radius 3 is 2.52 bits per heavy atom. The molecule has 134 valence electrons. The summed E-state index contributed by atoms with van der Waals surface area (Å²) in [7, 11) is 4.00. The second kappa shape index (κ2) is 8.84. The maximum absolute atomic E-state index is 5.51. The van der Waals surface area contributed by atoms with Crippen LogP contribution in [0.3, 0.4) is 0 Å². The van der Waals surface area contributed by atoms with E-state index >= 15 is 0 Å². The number of halogens is 1. The molecule has 0 saturated carbocycles. The van der Waals surface area contributed by atoms with Gasteiger partial charge in [-0.05, 0) is 56.7 Å². The highest BCUT2D eigenvalue weighted by Crippen LogP contribution is 2.26. The van der Waals surface area contributed by atoms with Crippen molar-refractivity contribution in [2.75, 3.05) is 27.2 Å². The molecular formula is C21H27BrN2O. The Kier molecular flexibility index (Phi) is 6.51. The van der Waals surface area contributed by atoms with E-state index in [-0.39, 0.29) is 0 Å². The molecule has 0 atom stereocenters. The lowest BCUT2D eigenvalue weighted by molar-refractivity contribution is 0.118. The number of benzene rings is 2. The normalized spacial score (nSPS) is 16.3. The average molecular weight is 403 g/mol. The number of ether oxygens (including phenoxy) is 1. The third-order valence-electron chi connectivity index (χ3n) is 5.09. The standard InChI is InChI=1S/C21H27BrN2O/c1-23(15-17-6-4-3-5-7-17)20-10-12-24(13-11-20)16-18-14-19(22)8-9-21(18)25-2/h3-9,14,20H,10-13,15-16H2,1-2H3. The van der Waals surface area contributed by atoms with Crippen molar-refractivity contribution >= 4 is 15.9 Å². The summed E-state index contributed by atoms with van der Waals surface area (Å²) in [6, 6.07) is 17.7. The number of nitrogens with zero attached hydrogens (tertiary/aromatic N) is 2. The van der Waals surface area contributed by atoms with Crippen molar-refractivity contribution in [2.45, 2.75) is 32.0 Å². The number of likely N-dealkylation sites (tertiary alicyclic amines) is 1. The van der Waals surface area contributed by atoms with E-state index in [9.17, 15) is 0 Å². The van der Waals surface area contributed by atoms with Crippen LogP contribution in [0.2, 0.25) is 0 Å². The Bertz CT molecular complexity index is 669. The maximum atomic E-state index is 5.51. The van der Waals surface area contributed by atoms with Crippen LogP contribution in [0.1, 0.15) is 24.0 Å². The van der Waals surface area contributed by atoms with Crippen LogP contribution in [0.15, 0.2) is 53.0 Å². The first-order chi connectivity index (χ1) is 12.2. The zero-order valence-corrected chi connectivity index (χ0v) is 16.7. The third-order valence-corrected chi connectivity index (χ3v) is 5.58. The van der Waals surface area contributed by atoms with Gasteiger partial charge in [-0.25, -0.2) is 0 Å². The second-order valence-corrected chi connectivity index (χ2v) is 7.78. The molecule has 0 spiro atoms. The Hall–Kier alpha value is -1.36. The summed E-state index contributed by atoms with van der Waals surface area (Å²) in [6.07, 6.45) is 2.44. The predicted octanol–water partition coefficient (Wildman–Crippen LogP) is 4.55. The molecule has 0 amide bonds. The van der Waals surface area contributed by atoms with Crippen molar-refractivity contribution in [3.05, 3.63) is 64.1 Å². The van der Waals surface area contributed by atoms with Gasteiger partial charge in [0.05, 0.1) is 7.11 Å². The number of piperidine rings is 1. The van der Waals surface area contributed by atoms with Gasteiger partial charge in [0.1, 0.15) is 5.75 Å². The van der Waals surface area contributed by atoms with Crippen LogP contribution in [-0.2, 0) is 13.1 Å². The molecule has 2 aromatic carbocycles. The zero-order chi connectivity index (χ0) is 17.6. The van der Waals surface area contributed by atoms with E-state index < -0.39 is 0 Å². The molecule has 2 aromatic rings. The highest BCUT2D eigenvalue weighted by atomic mass is 79.9. The molecule has 3 rings (SSSR count). The predicted molar refractivity (Wildman–Crippen MR) is 107 cm³/mol. The summed E-state index contributed by atoms with van der Waals surface area (Å²) in [5, 5.41) is 0. The summed E-state index contributed by atoms with van der Waals surface area (Å²) in [6.45, 7) is 4.27. The smallest absolute Gasteiger partial charge is 0.123 e. The van der Waals surface area contributed by atoms with Gasteiger partial charge >= 0.3 is 0 Å². The summed E-state index contributed by atoms with van der Waals surface area (Å²) in [5.41, 5.74) is 2.65. The molecule has 4 heteroatoms. The van der Waals surface area contributed by atoms with Gasteiger partial charge in [0.25, 0.3) is 0 Å². The van der Waals surface area contributed by atoms with Crippen molar-refractivity contribution in [1.29, 1.82) is 0 Å². The molecule has 1 saturated heterocycles. The number of hydrogen-bond acceptors (Lipinski definition) is 3. The molecule has 25 heavy (non-hydrogen) atoms. The van der Waals surface area contributed by atoms with Crippen molar-refractivity contribution in [1.82, 2.24) is 9.80 Å². The largest absolute Gasteiger partial charge is 0.496 e. The Morgan fingerprint density at radius 1 is 1.12 bits per heavy atom. The molecule has 3 nitrogen and oxygen atoms in total. The van der Waals surface area contributed by atoms with Crippen LogP contribution in [0.4, 0.5) is 0 Å². The van der Waals surface area contributed by atoms with Gasteiger partial charge < -0.3 is 4.74 Å². The Morgan fingerprint density at radius 2 is 1.84 bits per heavy atom. The highest BCUT2D eigenvalue weighted by molar-refractivity contribution is 9.10. The summed E-state index contributed by atoms with van der Waals surface area (Å²) < 4.78 is 6.62. The fraction of sp³-hybridized carbons (Fsp3) is 0.429. The number of methoxy groups -OCH3 is 1. The van der Waals surface area contributed by atoms with Crippen molar-refractivity contribution < 1.29 is 4.74 Å². The van der Waals surface area contributed by atoms with Crippen LogP contribution in [0.5, 0.6) is 5.75 Å². The Balaban J connectivity index is 1.53. The fourth-order valence-electron chi connectivity index (χ4n) is 3.63. The maximum Gasteiger partial charge on any atom is 0.123 e. The molecule has 1 fully saturated rings. The molecule has 1 heterocycles. The molecule has 0 unspecified atom stereocenters. The second-order valence-electron chi connectivity index (χ2n) is 6.86. The number of rotatable bonds is 6. The fourth-order valence-corrected chi connectivity index (χ4v) is 4.04. The average Bonchev–Trinajstić information content (AvgIpc) is 2.63. The van der Waals surface area contributed by atoms with Gasteiger partial charge in [0, 0.05) is 29.2 Å². The topological polar surface area (TPSA) is 15.7 Å². The highest BCUT2D eigenvalue weighted by Gasteiger charge is 2.23. The lowest BCUT2D eigenvalue weighted by Crippen LogP contribution is -2.42. The van der Waals surface area contributed by atoms with Gasteiger partial charge in [-0.15, -0.1) is 0 Å². The zero-order valence-electron chi connectivity index (χ0n) is 15.1. The summed E-state index contributed by atoms with van der Waals surface area (Å²) >= 11 is 3.57. The molecule has 0 aromatic heterocycles. The van der Waals surface area contributed by atoms with Crippen molar-refractivity contribution in [3.8, 4) is 5.75 Å². The van der Waals surface area contributed by atoms with E-state index in [0.717, 1.165) is 36.4 Å². The molecule has 1 aliphatic rings. The molecule has 0 aliphatic carbocycles. The van der Waals surface area contributed by atoms with Gasteiger partial charge in [-0.2, -0.15) is 0 Å². The van der Waals surface area contributed by atoms with E-state index in [4.69, 9.17) is 4.74 Å². The van der Waals surface area contributed by atoms with Crippen LogP contribution < -0.4 is 4.74 Å². The first-order valence-corrected chi connectivity index (χ1v) is 9.74. The minimum atomic E-state index is 0.667. The van der Waals surface area contributed by atoms with Crippen LogP contribution >= 0.6 is 15.9 Å². The quantitative estimate of drug-likeness (QED) is 0.704. The summed E-state index contributed by atoms with van der Waals surface area (Å²) in [4.78, 5) is 5.05. The molecule has 1 aliphatic heterocycles. The third kappa shape index (κ3) is 5.06. The van der Waals surface area contributed by atoms with Crippen LogP contribution in [0.25, 0.3) is 0 Å². The number of hydrogen-bond donors (Lipinski definition) is 0. The summed E-state index contributed by atoms with van der Waals surface area (Å²) in [5.74, 6) is 0.978. The minimum Gasteiger partial charge on any atom is -0.496 e. The first-order valence-electron chi connectivity index (χ1n) is 8.94. The van der Waals surface area contributed by atoms with Gasteiger partial charge in [0.15, 0.2) is 0 Å². The van der Waals surface area contributed by atoms with E-state index in [1.165, 1.54) is 24.0 Å². The minimum absolute atomic E-state index is 0.667. The van der Waals surface area contributed by atoms with Crippen molar-refractivity contribution in [2.24, 2.45) is 0 Å². The molecule has 0 radical (unpaired) electrons. The molecular weight excluding hydrogens is 376 g/mol. The lowest BCUT2D eigenvalue weighted by Gasteiger charge is -2.37. The first kappa shape index (κ1) is 18.4. The van der Waals surface area contributed by atoms with E-state index in [0.29, 0.717) is 6.04 Å². The van der Waals surface area contributed by atoms with Crippen molar-refractivity contribution in [3.63, 3.8) is 0 Å². The molecule has 0 bridgehead atoms. The monoisotopic (exact) mass is 402 g/mol. The Labute approximate surface area is 159 Å². The van der Waals surface area contributed by atoms with Crippen LogP contribution in [-0.4, -0.2) is 43.1 Å². The van der Waals surface area contributed by atoms with E-state index in [2.05, 4.69) is 69.2 Å². The van der Waals surface area contributed by atoms with Gasteiger partial charge in [-0.3, -0.25) is 9.80 Å². The van der Waals surface area contributed by atoms with E-state index in [1.807, 2.05) is 12.1 Å². The SMILES string of the molecule is COc1ccc(Br)cc1CN1CCC(N(C)Cc2ccccc2)CC1. The van der Waals surface area contributed by atoms with Crippen LogP contribution in [0, 0.1) is 0 Å². The van der Waals surface area contributed by atoms with E-state index in [1.54, 1.807) is 7.11 Å². The lowest BCUT2D eigenvalue weighted by atomic mass is 10.0. The molecule has 0 N–H and O–H groups in total. The van der Waals surface area contributed by atoms with Gasteiger partial charge in [-0.1, -0.05) is 46.3 Å².